The van der Waals surface area contributed by atoms with Gasteiger partial charge in [0.15, 0.2) is 6.23 Å². The summed E-state index contributed by atoms with van der Waals surface area (Å²) >= 11 is 0. The molecular formula is C26H31N7O12S2. The average molecular weight is 698 g/mol. The molecule has 2 N–H and O–H groups in total. The van der Waals surface area contributed by atoms with Gasteiger partial charge in [0.05, 0.1) is 6.04 Å². The number of aryl methyl sites for hydroxylation is 2. The summed E-state index contributed by atoms with van der Waals surface area (Å²) in [7, 11) is 2.74. The highest BCUT2D eigenvalue weighted by molar-refractivity contribution is 8.76. The molecule has 4 heterocycles. The quantitative estimate of drug-likeness (QED) is 0.0544. The number of H-pyrrole nitrogens is 2. The van der Waals surface area contributed by atoms with Gasteiger partial charge in [-0.05, 0) is 25.5 Å². The van der Waals surface area contributed by atoms with Crippen molar-refractivity contribution in [2.45, 2.75) is 51.0 Å². The molecule has 2 aromatic rings. The van der Waals surface area contributed by atoms with E-state index in [9.17, 15) is 28.8 Å². The van der Waals surface area contributed by atoms with E-state index in [-0.39, 0.29) is 32.8 Å². The second kappa shape index (κ2) is 16.9. The molecule has 4 rings (SSSR count). The molecule has 2 aliphatic rings. The van der Waals surface area contributed by atoms with Crippen LogP contribution in [0.15, 0.2) is 48.8 Å². The Morgan fingerprint density at radius 1 is 0.894 bits per heavy atom. The molecule has 5 atom stereocenters. The van der Waals surface area contributed by atoms with Crippen LogP contribution in [0.25, 0.3) is 10.4 Å². The summed E-state index contributed by atoms with van der Waals surface area (Å²) in [4.78, 5) is 78.4. The van der Waals surface area contributed by atoms with Crippen LogP contribution >= 0.6 is 21.6 Å². The van der Waals surface area contributed by atoms with Crippen LogP contribution in [0.4, 0.5) is 9.59 Å². The molecule has 0 saturated carbocycles. The van der Waals surface area contributed by atoms with E-state index in [4.69, 9.17) is 34.0 Å². The number of ether oxygens (including phenoxy) is 6. The Balaban J connectivity index is 1.04. The van der Waals surface area contributed by atoms with E-state index in [0.717, 1.165) is 0 Å². The minimum atomic E-state index is -0.959. The number of hydrogen-bond donors (Lipinski definition) is 2. The zero-order chi connectivity index (χ0) is 33.9. The lowest BCUT2D eigenvalue weighted by Gasteiger charge is -2.16. The van der Waals surface area contributed by atoms with Crippen molar-refractivity contribution in [3.05, 3.63) is 87.8 Å². The molecule has 0 amide bonds. The van der Waals surface area contributed by atoms with Crippen molar-refractivity contribution >= 4 is 33.9 Å². The molecule has 0 bridgehead atoms. The van der Waals surface area contributed by atoms with Crippen molar-refractivity contribution < 1.29 is 38.0 Å². The second-order valence-electron chi connectivity index (χ2n) is 10.0. The predicted molar refractivity (Wildman–Crippen MR) is 166 cm³/mol. The predicted octanol–water partition coefficient (Wildman–Crippen LogP) is 1.81. The van der Waals surface area contributed by atoms with Crippen LogP contribution in [-0.4, -0.2) is 87.6 Å². The number of carbonyl (C=O) groups is 2. The molecule has 19 nitrogen and oxygen atoms in total. The molecular weight excluding hydrogens is 666 g/mol. The van der Waals surface area contributed by atoms with Gasteiger partial charge in [0, 0.05) is 46.4 Å². The van der Waals surface area contributed by atoms with Gasteiger partial charge in [-0.1, -0.05) is 32.8 Å². The summed E-state index contributed by atoms with van der Waals surface area (Å²) in [5.41, 5.74) is 7.22. The first-order chi connectivity index (χ1) is 22.5. The molecule has 21 heteroatoms. The number of nitrogens with zero attached hydrogens (tertiary/aromatic N) is 5. The third-order valence-corrected chi connectivity index (χ3v) is 9.01. The topological polar surface area (TPSA) is 248 Å². The summed E-state index contributed by atoms with van der Waals surface area (Å²) in [6, 6.07) is -0.728. The van der Waals surface area contributed by atoms with E-state index in [1.54, 1.807) is 19.1 Å². The average Bonchev–Trinajstić information content (AvgIpc) is 3.67. The number of azide groups is 1. The van der Waals surface area contributed by atoms with E-state index >= 15 is 0 Å². The summed E-state index contributed by atoms with van der Waals surface area (Å²) in [6.45, 7) is 2.76. The zero-order valence-corrected chi connectivity index (χ0v) is 26.7. The lowest BCUT2D eigenvalue weighted by molar-refractivity contribution is -0.0415. The molecule has 0 aliphatic carbocycles. The Hall–Kier alpha value is -4.43. The number of hydrogen-bond acceptors (Lipinski definition) is 15. The van der Waals surface area contributed by atoms with Gasteiger partial charge >= 0.3 is 23.7 Å². The van der Waals surface area contributed by atoms with Crippen molar-refractivity contribution in [1.82, 2.24) is 19.1 Å². The number of carbonyl (C=O) groups excluding carboxylic acids is 2. The van der Waals surface area contributed by atoms with Crippen LogP contribution < -0.4 is 22.5 Å². The maximum Gasteiger partial charge on any atom is 0.508 e. The summed E-state index contributed by atoms with van der Waals surface area (Å²) in [5, 5.41) is 3.66. The summed E-state index contributed by atoms with van der Waals surface area (Å²) in [6.07, 6.45) is 1.23. The molecule has 1 fully saturated rings. The van der Waals surface area contributed by atoms with Gasteiger partial charge in [-0.3, -0.25) is 28.7 Å². The summed E-state index contributed by atoms with van der Waals surface area (Å²) < 4.78 is 34.0. The zero-order valence-electron chi connectivity index (χ0n) is 25.1. The maximum absolute atomic E-state index is 12.2. The Bertz CT molecular complexity index is 1750. The smallest absolute Gasteiger partial charge is 0.433 e. The fourth-order valence-corrected chi connectivity index (χ4v) is 6.01. The van der Waals surface area contributed by atoms with Gasteiger partial charge in [0.25, 0.3) is 11.1 Å². The number of nitrogens with one attached hydrogen (secondary N) is 2. The molecule has 1 saturated heterocycles. The van der Waals surface area contributed by atoms with Crippen LogP contribution in [0.2, 0.25) is 0 Å². The van der Waals surface area contributed by atoms with E-state index in [1.165, 1.54) is 50.0 Å². The SMILES string of the molecule is Cc1cn([C@H]2C=C[C@@H](COC(=O)OCCSSCCOC(=O)OC[C@H]3O[C@@H](n4cc(C)c(=O)[nH]c4=O)C[C@@H]3N=[N+]=[N-])O2)c(=O)[nH]c1=O. The Morgan fingerprint density at radius 2 is 1.47 bits per heavy atom. The highest BCUT2D eigenvalue weighted by Gasteiger charge is 2.37. The largest absolute Gasteiger partial charge is 0.508 e. The number of aromatic nitrogens is 4. The van der Waals surface area contributed by atoms with Crippen LogP contribution in [-0.2, 0) is 28.4 Å². The standard InChI is InChI=1S/C26H31N7O12S2/c1-14-10-32(23(36)28-21(14)34)19-4-3-16(44-19)12-42-25(38)40-5-7-46-47-8-6-41-26(39)43-13-18-17(30-31-27)9-20(45-18)33-11-15(2)22(35)29-24(33)37/h3-4,10-11,16-20H,5-9,12-13H2,1-2H3,(H,28,34,36)(H,29,35,37)/t16-,17-,18+,19+,20+/m0/s1. The minimum Gasteiger partial charge on any atom is -0.433 e. The second-order valence-corrected chi connectivity index (χ2v) is 12.7. The van der Waals surface area contributed by atoms with Gasteiger partial charge in [0.1, 0.15) is 44.9 Å². The number of rotatable bonds is 14. The minimum absolute atomic E-state index is 0.0278. The fraction of sp³-hybridized carbons (Fsp3) is 0.538. The fourth-order valence-electron chi connectivity index (χ4n) is 4.36. The Labute approximate surface area is 272 Å². The van der Waals surface area contributed by atoms with Gasteiger partial charge in [-0.2, -0.15) is 0 Å². The molecule has 0 radical (unpaired) electrons. The van der Waals surface area contributed by atoms with E-state index < -0.39 is 65.5 Å². The van der Waals surface area contributed by atoms with Crippen molar-refractivity contribution in [3.8, 4) is 0 Å². The monoisotopic (exact) mass is 697 g/mol. The van der Waals surface area contributed by atoms with Crippen LogP contribution in [0.3, 0.4) is 0 Å². The lowest BCUT2D eigenvalue weighted by atomic mass is 10.1. The summed E-state index contributed by atoms with van der Waals surface area (Å²) in [5.74, 6) is 0.839. The van der Waals surface area contributed by atoms with Gasteiger partial charge in [-0.15, -0.1) is 0 Å². The van der Waals surface area contributed by atoms with Crippen molar-refractivity contribution in [1.29, 1.82) is 0 Å². The van der Waals surface area contributed by atoms with Gasteiger partial charge in [-0.25, -0.2) is 19.2 Å². The van der Waals surface area contributed by atoms with Crippen molar-refractivity contribution in [3.63, 3.8) is 0 Å². The van der Waals surface area contributed by atoms with Gasteiger partial charge in [0.2, 0.25) is 0 Å². The first-order valence-corrected chi connectivity index (χ1v) is 16.6. The molecule has 0 spiro atoms. The van der Waals surface area contributed by atoms with E-state index in [1.807, 2.05) is 0 Å². The maximum atomic E-state index is 12.2. The van der Waals surface area contributed by atoms with Crippen LogP contribution in [0, 0.1) is 13.8 Å². The lowest BCUT2D eigenvalue weighted by Crippen LogP contribution is -2.33. The van der Waals surface area contributed by atoms with Crippen molar-refractivity contribution in [2.75, 3.05) is 37.9 Å². The van der Waals surface area contributed by atoms with Crippen LogP contribution in [0.5, 0.6) is 0 Å². The third-order valence-electron chi connectivity index (χ3n) is 6.67. The molecule has 47 heavy (non-hydrogen) atoms. The Morgan fingerprint density at radius 3 is 2.09 bits per heavy atom. The first kappa shape index (κ1) is 35.4. The normalized spacial score (nSPS) is 21.6. The molecule has 2 aliphatic heterocycles. The van der Waals surface area contributed by atoms with Gasteiger partial charge < -0.3 is 28.4 Å². The highest BCUT2D eigenvalue weighted by Crippen LogP contribution is 2.30. The van der Waals surface area contributed by atoms with E-state index in [0.29, 0.717) is 22.6 Å². The Kier molecular flexibility index (Phi) is 12.8. The highest BCUT2D eigenvalue weighted by atomic mass is 33.1. The molecule has 254 valence electrons. The molecule has 0 aromatic carbocycles. The first-order valence-electron chi connectivity index (χ1n) is 14.1. The molecule has 0 unspecified atom stereocenters. The third kappa shape index (κ3) is 10.0. The molecule has 2 aromatic heterocycles. The number of aromatic amines is 2. The van der Waals surface area contributed by atoms with Crippen LogP contribution in [0.1, 0.15) is 30.0 Å². The van der Waals surface area contributed by atoms with Crippen molar-refractivity contribution in [2.24, 2.45) is 5.11 Å². The van der Waals surface area contributed by atoms with E-state index in [2.05, 4.69) is 20.0 Å².